The van der Waals surface area contributed by atoms with E-state index in [1.54, 1.807) is 11.1 Å². The van der Waals surface area contributed by atoms with E-state index in [0.717, 1.165) is 18.9 Å². The van der Waals surface area contributed by atoms with Gasteiger partial charge in [-0.15, -0.1) is 0 Å². The normalized spacial score (nSPS) is 37.2. The van der Waals surface area contributed by atoms with Gasteiger partial charge in [0.1, 0.15) is 0 Å². The van der Waals surface area contributed by atoms with E-state index >= 15 is 0 Å². The Labute approximate surface area is 160 Å². The lowest BCUT2D eigenvalue weighted by Crippen LogP contribution is -2.35. The van der Waals surface area contributed by atoms with Crippen LogP contribution in [0.3, 0.4) is 0 Å². The predicted octanol–water partition coefficient (Wildman–Crippen LogP) is 6.50. The van der Waals surface area contributed by atoms with Crippen LogP contribution in [0.5, 0.6) is 0 Å². The van der Waals surface area contributed by atoms with Gasteiger partial charge in [0.15, 0.2) is 0 Å². The number of ether oxygens (including phenoxy) is 1. The van der Waals surface area contributed by atoms with Gasteiger partial charge in [0, 0.05) is 17.8 Å². The number of hydrogen-bond donors (Lipinski definition) is 1. The van der Waals surface area contributed by atoms with Crippen LogP contribution in [0, 0.1) is 17.8 Å². The smallest absolute Gasteiger partial charge is 0.0678 e. The molecule has 0 spiro atoms. The van der Waals surface area contributed by atoms with Gasteiger partial charge in [0.25, 0.3) is 0 Å². The Morgan fingerprint density at radius 2 is 1.52 bits per heavy atom. The number of allylic oxidation sites excluding steroid dienone is 2. The first-order valence-corrected chi connectivity index (χ1v) is 11.5. The van der Waals surface area contributed by atoms with Crippen molar-refractivity contribution in [2.75, 3.05) is 6.61 Å². The largest absolute Gasteiger partial charge is 0.377 e. The molecule has 0 amide bonds. The molecule has 2 heteroatoms. The Hall–Kier alpha value is -0.210. The third kappa shape index (κ3) is 4.21. The molecule has 0 aromatic heterocycles. The average molecular weight is 361 g/mol. The molecule has 4 unspecified atom stereocenters. The highest BCUT2D eigenvalue weighted by molar-refractivity contribution is 7.81. The third-order valence-corrected chi connectivity index (χ3v) is 7.85. The second-order valence-corrected chi connectivity index (χ2v) is 9.59. The molecule has 140 valence electrons. The Bertz CT molecular complexity index is 502. The maximum Gasteiger partial charge on any atom is 0.0678 e. The molecule has 4 aliphatic rings. The standard InChI is InChI=1S/C23H36OS/c25-23-13-7-6-12-21(23)19-14-15-22(20-11-5-4-10-18(19)20)24-16-17-8-2-1-3-9-17/h10,14,17,20-23,25H,1-9,11-13,15-16H2. The molecule has 0 aromatic rings. The van der Waals surface area contributed by atoms with Crippen LogP contribution in [0.25, 0.3) is 0 Å². The van der Waals surface area contributed by atoms with Gasteiger partial charge in [-0.05, 0) is 74.3 Å². The van der Waals surface area contributed by atoms with Gasteiger partial charge >= 0.3 is 0 Å². The molecule has 0 heterocycles. The van der Waals surface area contributed by atoms with Gasteiger partial charge in [0.2, 0.25) is 0 Å². The highest BCUT2D eigenvalue weighted by Crippen LogP contribution is 2.46. The fraction of sp³-hybridized carbons (Fsp3) is 0.826. The average Bonchev–Trinajstić information content (AvgIpc) is 2.67. The van der Waals surface area contributed by atoms with Crippen LogP contribution in [0.15, 0.2) is 23.3 Å². The van der Waals surface area contributed by atoms with Gasteiger partial charge in [-0.1, -0.05) is 44.3 Å². The Morgan fingerprint density at radius 3 is 2.36 bits per heavy atom. The topological polar surface area (TPSA) is 9.23 Å². The lowest BCUT2D eigenvalue weighted by atomic mass is 9.69. The first-order valence-electron chi connectivity index (χ1n) is 11.0. The number of hydrogen-bond acceptors (Lipinski definition) is 2. The maximum atomic E-state index is 6.55. The van der Waals surface area contributed by atoms with Crippen molar-refractivity contribution in [2.24, 2.45) is 17.8 Å². The zero-order valence-electron chi connectivity index (χ0n) is 15.8. The molecular weight excluding hydrogens is 324 g/mol. The minimum Gasteiger partial charge on any atom is -0.377 e. The van der Waals surface area contributed by atoms with Crippen molar-refractivity contribution >= 4 is 12.6 Å². The van der Waals surface area contributed by atoms with Gasteiger partial charge in [0.05, 0.1) is 6.10 Å². The molecule has 1 nitrogen and oxygen atoms in total. The zero-order valence-corrected chi connectivity index (χ0v) is 16.7. The highest BCUT2D eigenvalue weighted by Gasteiger charge is 2.37. The van der Waals surface area contributed by atoms with Crippen molar-refractivity contribution in [3.63, 3.8) is 0 Å². The summed E-state index contributed by atoms with van der Waals surface area (Å²) in [6, 6.07) is 0. The predicted molar refractivity (Wildman–Crippen MR) is 109 cm³/mol. The summed E-state index contributed by atoms with van der Waals surface area (Å²) < 4.78 is 6.55. The molecular formula is C23H36OS. The Morgan fingerprint density at radius 1 is 0.800 bits per heavy atom. The molecule has 0 radical (unpaired) electrons. The number of rotatable bonds is 4. The first kappa shape index (κ1) is 18.2. The van der Waals surface area contributed by atoms with Gasteiger partial charge < -0.3 is 4.74 Å². The summed E-state index contributed by atoms with van der Waals surface area (Å²) in [6.07, 6.45) is 23.1. The number of thiol groups is 1. The zero-order chi connectivity index (χ0) is 17.1. The molecule has 0 aliphatic heterocycles. The SMILES string of the molecule is SC1CCCCC1C1=CCC(OCC2CCCCC2)C2CCCC=C12. The van der Waals surface area contributed by atoms with Crippen molar-refractivity contribution < 1.29 is 4.74 Å². The molecule has 0 bridgehead atoms. The van der Waals surface area contributed by atoms with Crippen LogP contribution in [-0.2, 0) is 4.74 Å². The summed E-state index contributed by atoms with van der Waals surface area (Å²) in [6.45, 7) is 1.01. The van der Waals surface area contributed by atoms with E-state index in [1.807, 2.05) is 0 Å². The Kier molecular flexibility index (Phi) is 6.29. The van der Waals surface area contributed by atoms with Crippen LogP contribution in [0.2, 0.25) is 0 Å². The van der Waals surface area contributed by atoms with Crippen molar-refractivity contribution in [3.05, 3.63) is 23.3 Å². The van der Waals surface area contributed by atoms with E-state index in [1.165, 1.54) is 77.0 Å². The second kappa shape index (κ2) is 8.65. The molecule has 2 saturated carbocycles. The van der Waals surface area contributed by atoms with Crippen LogP contribution in [-0.4, -0.2) is 18.0 Å². The van der Waals surface area contributed by atoms with E-state index in [0.29, 0.717) is 23.2 Å². The van der Waals surface area contributed by atoms with Crippen LogP contribution in [0.1, 0.15) is 83.5 Å². The fourth-order valence-corrected chi connectivity index (χ4v) is 6.27. The summed E-state index contributed by atoms with van der Waals surface area (Å²) in [5.74, 6) is 2.19. The van der Waals surface area contributed by atoms with Gasteiger partial charge in [-0.3, -0.25) is 0 Å². The summed E-state index contributed by atoms with van der Waals surface area (Å²) >= 11 is 4.96. The third-order valence-electron chi connectivity index (χ3n) is 7.23. The molecule has 0 aromatic carbocycles. The van der Waals surface area contributed by atoms with Crippen molar-refractivity contribution in [1.82, 2.24) is 0 Å². The molecule has 0 saturated heterocycles. The van der Waals surface area contributed by atoms with E-state index < -0.39 is 0 Å². The maximum absolute atomic E-state index is 6.55. The van der Waals surface area contributed by atoms with Crippen LogP contribution < -0.4 is 0 Å². The Balaban J connectivity index is 1.44. The minimum atomic E-state index is 0.444. The van der Waals surface area contributed by atoms with Crippen molar-refractivity contribution in [3.8, 4) is 0 Å². The quantitative estimate of drug-likeness (QED) is 0.563. The molecule has 0 N–H and O–H groups in total. The summed E-state index contributed by atoms with van der Waals surface area (Å²) in [7, 11) is 0. The molecule has 4 rings (SSSR count). The molecule has 4 aliphatic carbocycles. The highest BCUT2D eigenvalue weighted by atomic mass is 32.1. The molecule has 2 fully saturated rings. The van der Waals surface area contributed by atoms with Crippen molar-refractivity contribution in [2.45, 2.75) is 94.8 Å². The fourth-order valence-electron chi connectivity index (χ4n) is 5.78. The second-order valence-electron chi connectivity index (χ2n) is 8.93. The summed E-state index contributed by atoms with van der Waals surface area (Å²) in [4.78, 5) is 0. The van der Waals surface area contributed by atoms with Crippen molar-refractivity contribution in [1.29, 1.82) is 0 Å². The molecule has 4 atom stereocenters. The van der Waals surface area contributed by atoms with E-state index in [4.69, 9.17) is 17.4 Å². The van der Waals surface area contributed by atoms with Gasteiger partial charge in [-0.25, -0.2) is 0 Å². The lowest BCUT2D eigenvalue weighted by Gasteiger charge is -2.41. The van der Waals surface area contributed by atoms with Gasteiger partial charge in [-0.2, -0.15) is 12.6 Å². The van der Waals surface area contributed by atoms with E-state index in [2.05, 4.69) is 12.2 Å². The monoisotopic (exact) mass is 360 g/mol. The van der Waals surface area contributed by atoms with E-state index in [-0.39, 0.29) is 0 Å². The molecule has 25 heavy (non-hydrogen) atoms. The summed E-state index contributed by atoms with van der Waals surface area (Å²) in [5.41, 5.74) is 3.33. The van der Waals surface area contributed by atoms with E-state index in [9.17, 15) is 0 Å². The van der Waals surface area contributed by atoms with Crippen LogP contribution in [0.4, 0.5) is 0 Å². The summed E-state index contributed by atoms with van der Waals surface area (Å²) in [5, 5.41) is 0.572. The first-order chi connectivity index (χ1) is 12.3. The van der Waals surface area contributed by atoms with Crippen LogP contribution >= 0.6 is 12.6 Å². The minimum absolute atomic E-state index is 0.444. The number of fused-ring (bicyclic) bond motifs is 1. The lowest BCUT2D eigenvalue weighted by molar-refractivity contribution is -0.00830.